The van der Waals surface area contributed by atoms with Crippen LogP contribution in [0.2, 0.25) is 5.02 Å². The highest BCUT2D eigenvalue weighted by atomic mass is 35.5. The van der Waals surface area contributed by atoms with E-state index >= 15 is 0 Å². The van der Waals surface area contributed by atoms with E-state index in [1.165, 1.54) is 6.07 Å². The van der Waals surface area contributed by atoms with E-state index in [0.29, 0.717) is 6.54 Å². The van der Waals surface area contributed by atoms with Gasteiger partial charge in [0.25, 0.3) is 0 Å². The number of aliphatic hydroxyl groups is 1. The van der Waals surface area contributed by atoms with Crippen molar-refractivity contribution in [3.63, 3.8) is 0 Å². The number of hydrogen-bond donors (Lipinski definition) is 2. The van der Waals surface area contributed by atoms with Crippen molar-refractivity contribution in [3.8, 4) is 0 Å². The van der Waals surface area contributed by atoms with Crippen LogP contribution in [0.15, 0.2) is 48.5 Å². The molecule has 2 nitrogen and oxygen atoms in total. The summed E-state index contributed by atoms with van der Waals surface area (Å²) in [7, 11) is 0. The molecule has 0 saturated heterocycles. The molecule has 0 unspecified atom stereocenters. The van der Waals surface area contributed by atoms with E-state index in [2.05, 4.69) is 5.32 Å². The zero-order valence-corrected chi connectivity index (χ0v) is 11.8. The molecule has 0 aliphatic heterocycles. The highest BCUT2D eigenvalue weighted by Crippen LogP contribution is 2.16. The van der Waals surface area contributed by atoms with Crippen LogP contribution >= 0.6 is 11.6 Å². The lowest BCUT2D eigenvalue weighted by molar-refractivity contribution is 0.241. The van der Waals surface area contributed by atoms with Crippen LogP contribution in [0.4, 0.5) is 4.39 Å². The minimum Gasteiger partial charge on any atom is -0.395 e. The second-order valence-corrected chi connectivity index (χ2v) is 5.11. The van der Waals surface area contributed by atoms with Gasteiger partial charge in [0.15, 0.2) is 0 Å². The summed E-state index contributed by atoms with van der Waals surface area (Å²) in [6.45, 7) is 0.585. The summed E-state index contributed by atoms with van der Waals surface area (Å²) in [5.74, 6) is -0.418. The monoisotopic (exact) mass is 293 g/mol. The lowest BCUT2D eigenvalue weighted by Gasteiger charge is -2.16. The first kappa shape index (κ1) is 15.0. The van der Waals surface area contributed by atoms with Crippen LogP contribution in [-0.2, 0) is 13.0 Å². The van der Waals surface area contributed by atoms with Gasteiger partial charge in [-0.05, 0) is 29.7 Å². The third kappa shape index (κ3) is 4.30. The molecule has 2 rings (SSSR count). The van der Waals surface area contributed by atoms with E-state index in [1.807, 2.05) is 30.3 Å². The topological polar surface area (TPSA) is 32.3 Å². The van der Waals surface area contributed by atoms with Crippen molar-refractivity contribution in [2.45, 2.75) is 19.0 Å². The van der Waals surface area contributed by atoms with Gasteiger partial charge < -0.3 is 10.4 Å². The van der Waals surface area contributed by atoms with Crippen molar-refractivity contribution in [1.82, 2.24) is 5.32 Å². The van der Waals surface area contributed by atoms with Crippen LogP contribution < -0.4 is 5.32 Å². The second kappa shape index (κ2) is 7.39. The maximum absolute atomic E-state index is 13.1. The summed E-state index contributed by atoms with van der Waals surface area (Å²) < 4.78 is 13.1. The van der Waals surface area contributed by atoms with Crippen molar-refractivity contribution < 1.29 is 9.50 Å². The predicted octanol–water partition coefficient (Wildman–Crippen LogP) is 3.17. The molecule has 0 amide bonds. The molecule has 0 aliphatic rings. The van der Waals surface area contributed by atoms with Gasteiger partial charge in [-0.25, -0.2) is 4.39 Å². The number of aliphatic hydroxyl groups excluding tert-OH is 1. The van der Waals surface area contributed by atoms with Crippen LogP contribution in [0.5, 0.6) is 0 Å². The number of hydrogen-bond acceptors (Lipinski definition) is 2. The number of halogens is 2. The number of nitrogens with one attached hydrogen (secondary N) is 1. The minimum absolute atomic E-state index is 0.0405. The van der Waals surface area contributed by atoms with Gasteiger partial charge in [-0.3, -0.25) is 0 Å². The highest BCUT2D eigenvalue weighted by Gasteiger charge is 2.08. The van der Waals surface area contributed by atoms with Crippen LogP contribution in [0, 0.1) is 5.82 Å². The van der Waals surface area contributed by atoms with Crippen LogP contribution in [-0.4, -0.2) is 17.8 Å². The van der Waals surface area contributed by atoms with Crippen LogP contribution in [0.25, 0.3) is 0 Å². The fourth-order valence-electron chi connectivity index (χ4n) is 2.01. The normalized spacial score (nSPS) is 12.3. The average Bonchev–Trinajstić information content (AvgIpc) is 2.48. The van der Waals surface area contributed by atoms with E-state index in [4.69, 9.17) is 11.6 Å². The van der Waals surface area contributed by atoms with E-state index in [-0.39, 0.29) is 17.7 Å². The largest absolute Gasteiger partial charge is 0.395 e. The van der Waals surface area contributed by atoms with Crippen molar-refractivity contribution in [2.24, 2.45) is 0 Å². The van der Waals surface area contributed by atoms with Gasteiger partial charge in [-0.15, -0.1) is 0 Å². The number of benzene rings is 2. The first-order valence-corrected chi connectivity index (χ1v) is 6.89. The molecule has 0 heterocycles. The third-order valence-electron chi connectivity index (χ3n) is 3.12. The quantitative estimate of drug-likeness (QED) is 0.857. The van der Waals surface area contributed by atoms with Gasteiger partial charge in [0.1, 0.15) is 5.82 Å². The molecule has 0 saturated carbocycles. The molecule has 0 fully saturated rings. The molecule has 20 heavy (non-hydrogen) atoms. The molecule has 0 aliphatic carbocycles. The Labute approximate surface area is 123 Å². The van der Waals surface area contributed by atoms with E-state index in [1.54, 1.807) is 12.1 Å². The molecule has 0 aromatic heterocycles. The SMILES string of the molecule is OC[C@@H](Cc1ccccc1)NCc1ccc(F)c(Cl)c1. The van der Waals surface area contributed by atoms with E-state index in [9.17, 15) is 9.50 Å². The van der Waals surface area contributed by atoms with Crippen molar-refractivity contribution in [3.05, 3.63) is 70.5 Å². The maximum atomic E-state index is 13.1. The zero-order chi connectivity index (χ0) is 14.4. The standard InChI is InChI=1S/C16H17ClFNO/c17-15-9-13(6-7-16(15)18)10-19-14(11-20)8-12-4-2-1-3-5-12/h1-7,9,14,19-20H,8,10-11H2/t14-/m1/s1. The summed E-state index contributed by atoms with van der Waals surface area (Å²) >= 11 is 5.74. The van der Waals surface area contributed by atoms with Gasteiger partial charge in [-0.1, -0.05) is 48.0 Å². The Kier molecular flexibility index (Phi) is 5.53. The summed E-state index contributed by atoms with van der Waals surface area (Å²) in [5.41, 5.74) is 2.05. The Hall–Kier alpha value is -1.42. The summed E-state index contributed by atoms with van der Waals surface area (Å²) in [5, 5.41) is 12.8. The molecule has 0 spiro atoms. The molecule has 4 heteroatoms. The fourth-order valence-corrected chi connectivity index (χ4v) is 2.21. The Morgan fingerprint density at radius 1 is 1.10 bits per heavy atom. The third-order valence-corrected chi connectivity index (χ3v) is 3.41. The lowest BCUT2D eigenvalue weighted by Crippen LogP contribution is -2.34. The van der Waals surface area contributed by atoms with Crippen molar-refractivity contribution >= 4 is 11.6 Å². The molecular weight excluding hydrogens is 277 g/mol. The number of rotatable bonds is 6. The van der Waals surface area contributed by atoms with E-state index < -0.39 is 5.82 Å². The lowest BCUT2D eigenvalue weighted by atomic mass is 10.1. The summed E-state index contributed by atoms with van der Waals surface area (Å²) in [6, 6.07) is 14.6. The first-order chi connectivity index (χ1) is 9.69. The second-order valence-electron chi connectivity index (χ2n) is 4.70. The molecule has 2 aromatic carbocycles. The van der Waals surface area contributed by atoms with Gasteiger partial charge in [-0.2, -0.15) is 0 Å². The van der Waals surface area contributed by atoms with Gasteiger partial charge in [0.2, 0.25) is 0 Å². The Bertz CT molecular complexity index is 547. The first-order valence-electron chi connectivity index (χ1n) is 6.51. The smallest absolute Gasteiger partial charge is 0.141 e. The van der Waals surface area contributed by atoms with Crippen LogP contribution in [0.1, 0.15) is 11.1 Å². The van der Waals surface area contributed by atoms with Crippen molar-refractivity contribution in [2.75, 3.05) is 6.61 Å². The highest BCUT2D eigenvalue weighted by molar-refractivity contribution is 6.30. The molecule has 2 aromatic rings. The molecular formula is C16H17ClFNO. The summed E-state index contributed by atoms with van der Waals surface area (Å²) in [4.78, 5) is 0. The Balaban J connectivity index is 1.92. The molecule has 106 valence electrons. The average molecular weight is 294 g/mol. The molecule has 1 atom stereocenters. The fraction of sp³-hybridized carbons (Fsp3) is 0.250. The van der Waals surface area contributed by atoms with Gasteiger partial charge in [0.05, 0.1) is 11.6 Å². The Morgan fingerprint density at radius 2 is 1.85 bits per heavy atom. The molecule has 0 radical (unpaired) electrons. The zero-order valence-electron chi connectivity index (χ0n) is 11.0. The van der Waals surface area contributed by atoms with E-state index in [0.717, 1.165) is 17.5 Å². The van der Waals surface area contributed by atoms with Crippen LogP contribution in [0.3, 0.4) is 0 Å². The van der Waals surface area contributed by atoms with Gasteiger partial charge >= 0.3 is 0 Å². The molecule has 0 bridgehead atoms. The Morgan fingerprint density at radius 3 is 2.50 bits per heavy atom. The molecule has 2 N–H and O–H groups in total. The summed E-state index contributed by atoms with van der Waals surface area (Å²) in [6.07, 6.45) is 0.742. The predicted molar refractivity (Wildman–Crippen MR) is 79.3 cm³/mol. The minimum atomic E-state index is -0.418. The van der Waals surface area contributed by atoms with Gasteiger partial charge in [0, 0.05) is 12.6 Å². The van der Waals surface area contributed by atoms with Crippen molar-refractivity contribution in [1.29, 1.82) is 0 Å². The maximum Gasteiger partial charge on any atom is 0.141 e.